The second-order valence-corrected chi connectivity index (χ2v) is 11.0. The quantitative estimate of drug-likeness (QED) is 0.590. The van der Waals surface area contributed by atoms with Crippen molar-refractivity contribution in [2.45, 2.75) is 110 Å². The second kappa shape index (κ2) is 10.3. The molecule has 3 atom stereocenters. The Morgan fingerprint density at radius 1 is 1.18 bits per heavy atom. The van der Waals surface area contributed by atoms with Gasteiger partial charge in [0.2, 0.25) is 0 Å². The van der Waals surface area contributed by atoms with Crippen LogP contribution in [-0.4, -0.2) is 64.3 Å². The number of carbonyl (C=O) groups is 1. The minimum atomic E-state index is -0.971. The third-order valence-electron chi connectivity index (χ3n) is 7.86. The minimum absolute atomic E-state index is 0.0417. The van der Waals surface area contributed by atoms with E-state index in [9.17, 15) is 9.90 Å². The topological polar surface area (TPSA) is 65.4 Å². The zero-order chi connectivity index (χ0) is 24.4. The smallest absolute Gasteiger partial charge is 0.301 e. The number of aliphatic imine (C=N–C) groups is 1. The first-order chi connectivity index (χ1) is 15.4. The van der Waals surface area contributed by atoms with Gasteiger partial charge in [-0.05, 0) is 84.2 Å². The molecule has 1 fully saturated rings. The SMILES string of the molecule is CCC1=CC(C(=O)N2CCCCC[C@H]2C)=NC2=CC([B]OC(C)(C)C(C)(C)O)C(C)CCN12. The van der Waals surface area contributed by atoms with Crippen molar-refractivity contribution in [1.82, 2.24) is 9.80 Å². The van der Waals surface area contributed by atoms with Crippen LogP contribution in [0.3, 0.4) is 0 Å². The van der Waals surface area contributed by atoms with E-state index in [0.29, 0.717) is 11.6 Å². The molecule has 3 aliphatic rings. The van der Waals surface area contributed by atoms with Crippen molar-refractivity contribution in [2.24, 2.45) is 10.9 Å². The van der Waals surface area contributed by atoms with Crippen molar-refractivity contribution in [3.63, 3.8) is 0 Å². The van der Waals surface area contributed by atoms with Gasteiger partial charge in [-0.3, -0.25) is 4.79 Å². The Hall–Kier alpha value is -1.60. The fourth-order valence-electron chi connectivity index (χ4n) is 4.54. The van der Waals surface area contributed by atoms with Crippen LogP contribution in [0.2, 0.25) is 5.82 Å². The first kappa shape index (κ1) is 26.0. The lowest BCUT2D eigenvalue weighted by molar-refractivity contribution is -0.125. The number of nitrogens with zero attached hydrogens (tertiary/aromatic N) is 3. The zero-order valence-corrected chi connectivity index (χ0v) is 21.7. The van der Waals surface area contributed by atoms with Crippen molar-refractivity contribution in [3.8, 4) is 0 Å². The minimum Gasteiger partial charge on any atom is -0.432 e. The van der Waals surface area contributed by atoms with Crippen LogP contribution in [-0.2, 0) is 9.45 Å². The van der Waals surface area contributed by atoms with Gasteiger partial charge in [0.25, 0.3) is 5.91 Å². The monoisotopic (exact) mass is 456 g/mol. The summed E-state index contributed by atoms with van der Waals surface area (Å²) in [5.74, 6) is 1.29. The van der Waals surface area contributed by atoms with Crippen LogP contribution in [0.4, 0.5) is 0 Å². The molecule has 3 aliphatic heterocycles. The Morgan fingerprint density at radius 3 is 2.58 bits per heavy atom. The molecule has 3 heterocycles. The van der Waals surface area contributed by atoms with E-state index in [-0.39, 0.29) is 17.8 Å². The van der Waals surface area contributed by atoms with Crippen LogP contribution in [0, 0.1) is 5.92 Å². The number of carbonyl (C=O) groups excluding carboxylic acids is 1. The molecule has 1 radical (unpaired) electrons. The summed E-state index contributed by atoms with van der Waals surface area (Å²) < 4.78 is 6.11. The molecule has 0 spiro atoms. The molecule has 3 rings (SSSR count). The highest BCUT2D eigenvalue weighted by atomic mass is 16.5. The highest BCUT2D eigenvalue weighted by Crippen LogP contribution is 2.36. The highest BCUT2D eigenvalue weighted by molar-refractivity contribution is 6.43. The summed E-state index contributed by atoms with van der Waals surface area (Å²) in [6.07, 6.45) is 10.5. The summed E-state index contributed by atoms with van der Waals surface area (Å²) in [7, 11) is 1.86. The number of hydrogen-bond donors (Lipinski definition) is 1. The lowest BCUT2D eigenvalue weighted by atomic mass is 9.69. The van der Waals surface area contributed by atoms with Crippen molar-refractivity contribution in [2.75, 3.05) is 13.1 Å². The molecular formula is C26H43BN3O3. The lowest BCUT2D eigenvalue weighted by Gasteiger charge is -2.38. The number of hydrogen-bond acceptors (Lipinski definition) is 5. The molecule has 183 valence electrons. The molecule has 0 aliphatic carbocycles. The normalized spacial score (nSPS) is 27.0. The predicted molar refractivity (Wildman–Crippen MR) is 135 cm³/mol. The van der Waals surface area contributed by atoms with Crippen LogP contribution in [0.15, 0.2) is 28.7 Å². The average molecular weight is 456 g/mol. The molecule has 33 heavy (non-hydrogen) atoms. The van der Waals surface area contributed by atoms with E-state index in [1.54, 1.807) is 13.8 Å². The van der Waals surface area contributed by atoms with Crippen LogP contribution < -0.4 is 0 Å². The fraction of sp³-hybridized carbons (Fsp3) is 0.769. The molecule has 0 bridgehead atoms. The maximum atomic E-state index is 13.5. The first-order valence-electron chi connectivity index (χ1n) is 12.8. The summed E-state index contributed by atoms with van der Waals surface area (Å²) in [4.78, 5) is 22.7. The highest BCUT2D eigenvalue weighted by Gasteiger charge is 2.38. The standard InChI is InChI=1S/C26H43BN3O3/c1-8-20-16-22(24(31)29-14-11-9-10-12-19(29)3)28-23-17-21(18(2)13-15-30(20)23)27-33-26(6,7)25(4,5)32/h16-19,21,32H,8-15H2,1-7H3/t18?,19-,21?/m1/s1. The average Bonchev–Trinajstić information content (AvgIpc) is 3.06. The molecule has 7 heteroatoms. The Balaban J connectivity index is 1.88. The van der Waals surface area contributed by atoms with Gasteiger partial charge in [-0.15, -0.1) is 0 Å². The van der Waals surface area contributed by atoms with Gasteiger partial charge in [0, 0.05) is 24.8 Å². The largest absolute Gasteiger partial charge is 0.432 e. The Labute approximate surface area is 201 Å². The molecule has 2 unspecified atom stereocenters. The van der Waals surface area contributed by atoms with E-state index in [1.807, 2.05) is 32.3 Å². The van der Waals surface area contributed by atoms with Gasteiger partial charge in [0.05, 0.1) is 11.2 Å². The molecule has 1 N–H and O–H groups in total. The van der Waals surface area contributed by atoms with Crippen molar-refractivity contribution < 1.29 is 14.6 Å². The van der Waals surface area contributed by atoms with Gasteiger partial charge in [0.15, 0.2) is 0 Å². The zero-order valence-electron chi connectivity index (χ0n) is 21.7. The first-order valence-corrected chi connectivity index (χ1v) is 12.8. The van der Waals surface area contributed by atoms with E-state index in [0.717, 1.165) is 50.3 Å². The summed E-state index contributed by atoms with van der Waals surface area (Å²) in [5, 5.41) is 10.5. The second-order valence-electron chi connectivity index (χ2n) is 11.0. The third-order valence-corrected chi connectivity index (χ3v) is 7.86. The van der Waals surface area contributed by atoms with E-state index in [1.165, 1.54) is 12.8 Å². The third kappa shape index (κ3) is 5.91. The number of aliphatic hydroxyl groups is 1. The van der Waals surface area contributed by atoms with Gasteiger partial charge in [-0.2, -0.15) is 0 Å². The van der Waals surface area contributed by atoms with Gasteiger partial charge in [0.1, 0.15) is 11.5 Å². The predicted octanol–water partition coefficient (Wildman–Crippen LogP) is 4.68. The summed E-state index contributed by atoms with van der Waals surface area (Å²) in [6, 6.07) is 0.251. The Morgan fingerprint density at radius 2 is 1.91 bits per heavy atom. The number of fused-ring (bicyclic) bond motifs is 1. The molecule has 0 aromatic carbocycles. The van der Waals surface area contributed by atoms with Crippen molar-refractivity contribution in [1.29, 1.82) is 0 Å². The molecule has 1 saturated heterocycles. The molecule has 1 amide bonds. The van der Waals surface area contributed by atoms with Crippen LogP contribution in [0.1, 0.15) is 87.0 Å². The maximum Gasteiger partial charge on any atom is 0.301 e. The van der Waals surface area contributed by atoms with Gasteiger partial charge in [-0.25, -0.2) is 4.99 Å². The molecule has 0 aromatic rings. The number of rotatable bonds is 6. The van der Waals surface area contributed by atoms with Gasteiger partial charge >= 0.3 is 7.48 Å². The number of amides is 1. The molecule has 0 aromatic heterocycles. The molecule has 0 saturated carbocycles. The maximum absolute atomic E-state index is 13.5. The van der Waals surface area contributed by atoms with E-state index in [4.69, 9.17) is 9.65 Å². The Bertz CT molecular complexity index is 812. The summed E-state index contributed by atoms with van der Waals surface area (Å²) >= 11 is 0. The van der Waals surface area contributed by atoms with Crippen LogP contribution >= 0.6 is 0 Å². The Kier molecular flexibility index (Phi) is 8.16. The van der Waals surface area contributed by atoms with Crippen molar-refractivity contribution >= 4 is 19.1 Å². The van der Waals surface area contributed by atoms with E-state index in [2.05, 4.69) is 31.7 Å². The van der Waals surface area contributed by atoms with Gasteiger partial charge < -0.3 is 19.6 Å². The van der Waals surface area contributed by atoms with Crippen LogP contribution in [0.5, 0.6) is 0 Å². The summed E-state index contributed by atoms with van der Waals surface area (Å²) in [5.41, 5.74) is 0.00838. The van der Waals surface area contributed by atoms with Gasteiger partial charge in [-0.1, -0.05) is 26.7 Å². The lowest BCUT2D eigenvalue weighted by Crippen LogP contribution is -2.48. The van der Waals surface area contributed by atoms with E-state index < -0.39 is 11.2 Å². The van der Waals surface area contributed by atoms with Crippen molar-refractivity contribution in [3.05, 3.63) is 23.7 Å². The molecular weight excluding hydrogens is 413 g/mol. The van der Waals surface area contributed by atoms with E-state index >= 15 is 0 Å². The van der Waals surface area contributed by atoms with Crippen LogP contribution in [0.25, 0.3) is 0 Å². The molecule has 6 nitrogen and oxygen atoms in total. The number of allylic oxidation sites excluding steroid dienone is 2. The fourth-order valence-corrected chi connectivity index (χ4v) is 4.54. The summed E-state index contributed by atoms with van der Waals surface area (Å²) in [6.45, 7) is 15.5. The number of likely N-dealkylation sites (tertiary alicyclic amines) is 1.